The minimum Gasteiger partial charge on any atom is -0.481 e. The maximum absolute atomic E-state index is 11.1. The van der Waals surface area contributed by atoms with Crippen LogP contribution in [0.5, 0.6) is 5.75 Å². The Morgan fingerprint density at radius 3 is 2.88 bits per heavy atom. The third-order valence-corrected chi connectivity index (χ3v) is 2.89. The topological polar surface area (TPSA) is 59.7 Å². The van der Waals surface area contributed by atoms with Crippen molar-refractivity contribution in [2.24, 2.45) is 0 Å². The van der Waals surface area contributed by atoms with Crippen LogP contribution in [0.25, 0.3) is 11.1 Å². The van der Waals surface area contributed by atoms with E-state index in [1.807, 2.05) is 19.1 Å². The molecule has 0 bridgehead atoms. The molecule has 4 nitrogen and oxygen atoms in total. The summed E-state index contributed by atoms with van der Waals surface area (Å²) in [6.45, 7) is 1.84. The summed E-state index contributed by atoms with van der Waals surface area (Å²) in [5, 5.41) is 9.12. The van der Waals surface area contributed by atoms with Crippen molar-refractivity contribution in [1.82, 2.24) is 0 Å². The molecule has 0 aliphatic carbocycles. The van der Waals surface area contributed by atoms with Gasteiger partial charge in [-0.15, -0.1) is 0 Å². The predicted molar refractivity (Wildman–Crippen MR) is 60.1 cm³/mol. The molecule has 1 aromatic carbocycles. The molecule has 0 saturated heterocycles. The predicted octanol–water partition coefficient (Wildman–Crippen LogP) is 3.10. The first kappa shape index (κ1) is 9.96. The van der Waals surface area contributed by atoms with Gasteiger partial charge in [0, 0.05) is 11.1 Å². The number of hydrogen-bond donors (Lipinski definition) is 1. The third kappa shape index (κ3) is 1.34. The zero-order valence-corrected chi connectivity index (χ0v) is 9.14. The average Bonchev–Trinajstić information content (AvgIpc) is 2.78. The first-order valence-corrected chi connectivity index (χ1v) is 5.29. The SMILES string of the molecule is C[C@H]1Oc2c(C(=O)O)cccc2-c2ccoc21. The lowest BCUT2D eigenvalue weighted by Gasteiger charge is -2.23. The molecule has 0 saturated carbocycles. The maximum atomic E-state index is 11.1. The van der Waals surface area contributed by atoms with Crippen molar-refractivity contribution in [1.29, 1.82) is 0 Å². The van der Waals surface area contributed by atoms with E-state index in [1.54, 1.807) is 18.4 Å². The van der Waals surface area contributed by atoms with Gasteiger partial charge in [0.15, 0.2) is 11.9 Å². The lowest BCUT2D eigenvalue weighted by atomic mass is 9.97. The van der Waals surface area contributed by atoms with Crippen molar-refractivity contribution in [3.63, 3.8) is 0 Å². The van der Waals surface area contributed by atoms with Gasteiger partial charge in [-0.3, -0.25) is 0 Å². The van der Waals surface area contributed by atoms with E-state index in [0.29, 0.717) is 5.75 Å². The minimum atomic E-state index is -0.985. The summed E-state index contributed by atoms with van der Waals surface area (Å²) in [6, 6.07) is 6.91. The fraction of sp³-hybridized carbons (Fsp3) is 0.154. The Morgan fingerprint density at radius 2 is 2.12 bits per heavy atom. The van der Waals surface area contributed by atoms with Gasteiger partial charge in [0.2, 0.25) is 0 Å². The van der Waals surface area contributed by atoms with Crippen molar-refractivity contribution in [2.75, 3.05) is 0 Å². The summed E-state index contributed by atoms with van der Waals surface area (Å²) < 4.78 is 11.0. The Bertz CT molecular complexity index is 597. The second-order valence-electron chi connectivity index (χ2n) is 3.95. The van der Waals surface area contributed by atoms with Crippen molar-refractivity contribution < 1.29 is 19.1 Å². The van der Waals surface area contributed by atoms with Gasteiger partial charge in [0.25, 0.3) is 0 Å². The molecule has 4 heteroatoms. The molecule has 0 amide bonds. The monoisotopic (exact) mass is 230 g/mol. The molecule has 1 aliphatic rings. The fourth-order valence-corrected chi connectivity index (χ4v) is 2.13. The summed E-state index contributed by atoms with van der Waals surface area (Å²) in [6.07, 6.45) is 1.32. The average molecular weight is 230 g/mol. The Morgan fingerprint density at radius 1 is 1.29 bits per heavy atom. The lowest BCUT2D eigenvalue weighted by molar-refractivity contribution is 0.0688. The second kappa shape index (κ2) is 3.38. The molecule has 0 spiro atoms. The fourth-order valence-electron chi connectivity index (χ4n) is 2.13. The van der Waals surface area contributed by atoms with Crippen LogP contribution in [0.2, 0.25) is 0 Å². The van der Waals surface area contributed by atoms with E-state index in [1.165, 1.54) is 0 Å². The number of benzene rings is 1. The largest absolute Gasteiger partial charge is 0.481 e. The van der Waals surface area contributed by atoms with Gasteiger partial charge < -0.3 is 14.3 Å². The Labute approximate surface area is 97.4 Å². The molecule has 1 N–H and O–H groups in total. The Balaban J connectivity index is 2.29. The van der Waals surface area contributed by atoms with Crippen LogP contribution in [-0.4, -0.2) is 11.1 Å². The molecular weight excluding hydrogens is 220 g/mol. The van der Waals surface area contributed by atoms with Gasteiger partial charge in [-0.25, -0.2) is 4.79 Å². The standard InChI is InChI=1S/C13H10O4/c1-7-11-9(5-6-16-11)8-3-2-4-10(13(14)15)12(8)17-7/h2-7H,1H3,(H,14,15)/t7-/m1/s1. The zero-order chi connectivity index (χ0) is 12.0. The number of fused-ring (bicyclic) bond motifs is 3. The quantitative estimate of drug-likeness (QED) is 0.817. The highest BCUT2D eigenvalue weighted by atomic mass is 16.5. The van der Waals surface area contributed by atoms with Crippen molar-refractivity contribution in [3.8, 4) is 16.9 Å². The summed E-state index contributed by atoms with van der Waals surface area (Å²) in [5.74, 6) is 0.169. The normalized spacial score (nSPS) is 16.9. The van der Waals surface area contributed by atoms with Crippen LogP contribution in [0.3, 0.4) is 0 Å². The smallest absolute Gasteiger partial charge is 0.339 e. The highest BCUT2D eigenvalue weighted by Gasteiger charge is 2.29. The van der Waals surface area contributed by atoms with Crippen molar-refractivity contribution in [2.45, 2.75) is 13.0 Å². The molecule has 1 aliphatic heterocycles. The second-order valence-corrected chi connectivity index (χ2v) is 3.95. The summed E-state index contributed by atoms with van der Waals surface area (Å²) in [5.41, 5.74) is 1.86. The van der Waals surface area contributed by atoms with Gasteiger partial charge in [-0.1, -0.05) is 12.1 Å². The van der Waals surface area contributed by atoms with E-state index in [9.17, 15) is 4.79 Å². The summed E-state index contributed by atoms with van der Waals surface area (Å²) >= 11 is 0. The van der Waals surface area contributed by atoms with Gasteiger partial charge in [-0.2, -0.15) is 0 Å². The van der Waals surface area contributed by atoms with E-state index in [0.717, 1.165) is 16.9 Å². The molecule has 0 radical (unpaired) electrons. The van der Waals surface area contributed by atoms with Gasteiger partial charge in [-0.05, 0) is 19.1 Å². The number of hydrogen-bond acceptors (Lipinski definition) is 3. The van der Waals surface area contributed by atoms with Gasteiger partial charge >= 0.3 is 5.97 Å². The van der Waals surface area contributed by atoms with E-state index in [-0.39, 0.29) is 11.7 Å². The van der Waals surface area contributed by atoms with Gasteiger partial charge in [0.05, 0.1) is 6.26 Å². The van der Waals surface area contributed by atoms with Crippen LogP contribution in [0, 0.1) is 0 Å². The number of carboxylic acids is 1. The van der Waals surface area contributed by atoms with E-state index >= 15 is 0 Å². The number of para-hydroxylation sites is 1. The molecule has 17 heavy (non-hydrogen) atoms. The Kier molecular flexibility index (Phi) is 1.98. The van der Waals surface area contributed by atoms with E-state index in [4.69, 9.17) is 14.3 Å². The molecule has 2 aromatic rings. The van der Waals surface area contributed by atoms with Crippen LogP contribution >= 0.6 is 0 Å². The summed E-state index contributed by atoms with van der Waals surface area (Å²) in [7, 11) is 0. The molecule has 1 atom stereocenters. The lowest BCUT2D eigenvalue weighted by Crippen LogP contribution is -2.12. The number of carbonyl (C=O) groups is 1. The molecular formula is C13H10O4. The molecule has 86 valence electrons. The number of rotatable bonds is 1. The van der Waals surface area contributed by atoms with Gasteiger partial charge in [0.1, 0.15) is 11.3 Å². The number of carboxylic acid groups (broad SMARTS) is 1. The van der Waals surface area contributed by atoms with Crippen LogP contribution in [0.1, 0.15) is 29.1 Å². The molecule has 1 aromatic heterocycles. The highest BCUT2D eigenvalue weighted by Crippen LogP contribution is 2.44. The third-order valence-electron chi connectivity index (χ3n) is 2.89. The minimum absolute atomic E-state index is 0.182. The number of ether oxygens (including phenoxy) is 1. The highest BCUT2D eigenvalue weighted by molar-refractivity contribution is 5.95. The van der Waals surface area contributed by atoms with Crippen LogP contribution in [-0.2, 0) is 0 Å². The zero-order valence-electron chi connectivity index (χ0n) is 9.14. The molecule has 0 fully saturated rings. The first-order chi connectivity index (χ1) is 8.18. The maximum Gasteiger partial charge on any atom is 0.339 e. The molecule has 2 heterocycles. The van der Waals surface area contributed by atoms with Crippen LogP contribution in [0.4, 0.5) is 0 Å². The number of aromatic carboxylic acids is 1. The van der Waals surface area contributed by atoms with E-state index in [2.05, 4.69) is 0 Å². The van der Waals surface area contributed by atoms with Crippen molar-refractivity contribution in [3.05, 3.63) is 41.9 Å². The molecule has 3 rings (SSSR count). The number of furan rings is 1. The summed E-state index contributed by atoms with van der Waals surface area (Å²) in [4.78, 5) is 11.1. The van der Waals surface area contributed by atoms with E-state index < -0.39 is 5.97 Å². The van der Waals surface area contributed by atoms with Crippen LogP contribution in [0.15, 0.2) is 34.9 Å². The van der Waals surface area contributed by atoms with Crippen LogP contribution < -0.4 is 4.74 Å². The Hall–Kier alpha value is -2.23. The van der Waals surface area contributed by atoms with Crippen molar-refractivity contribution >= 4 is 5.97 Å². The first-order valence-electron chi connectivity index (χ1n) is 5.29. The molecule has 0 unspecified atom stereocenters.